The van der Waals surface area contributed by atoms with Crippen molar-refractivity contribution >= 4 is 17.5 Å². The Kier molecular flexibility index (Phi) is 5.39. The van der Waals surface area contributed by atoms with Crippen molar-refractivity contribution in [2.75, 3.05) is 5.32 Å². The van der Waals surface area contributed by atoms with Crippen molar-refractivity contribution in [3.63, 3.8) is 0 Å². The maximum Gasteiger partial charge on any atom is 0.257 e. The second-order valence-electron chi connectivity index (χ2n) is 5.85. The fourth-order valence-corrected chi connectivity index (χ4v) is 2.58. The molecule has 0 aliphatic heterocycles. The summed E-state index contributed by atoms with van der Waals surface area (Å²) in [5.41, 5.74) is 2.31. The number of benzene rings is 2. The SMILES string of the molecule is CC(NC(=O)c1ccccc1NC(=O)c1cccnc1)c1ccccc1. The Morgan fingerprint density at radius 3 is 2.35 bits per heavy atom. The summed E-state index contributed by atoms with van der Waals surface area (Å²) in [5, 5.41) is 5.74. The smallest absolute Gasteiger partial charge is 0.257 e. The Morgan fingerprint density at radius 2 is 1.62 bits per heavy atom. The van der Waals surface area contributed by atoms with Gasteiger partial charge in [-0.05, 0) is 36.8 Å². The first kappa shape index (κ1) is 17.4. The van der Waals surface area contributed by atoms with Gasteiger partial charge in [0.1, 0.15) is 0 Å². The molecule has 1 atom stereocenters. The summed E-state index contributed by atoms with van der Waals surface area (Å²) in [6.45, 7) is 1.92. The lowest BCUT2D eigenvalue weighted by molar-refractivity contribution is 0.0941. The largest absolute Gasteiger partial charge is 0.345 e. The number of para-hydroxylation sites is 1. The third kappa shape index (κ3) is 4.13. The first-order chi connectivity index (χ1) is 12.6. The number of anilines is 1. The van der Waals surface area contributed by atoms with Crippen LogP contribution in [0.15, 0.2) is 79.1 Å². The van der Waals surface area contributed by atoms with E-state index in [2.05, 4.69) is 15.6 Å². The molecule has 0 radical (unpaired) electrons. The molecule has 0 fully saturated rings. The van der Waals surface area contributed by atoms with E-state index >= 15 is 0 Å². The number of carbonyl (C=O) groups excluding carboxylic acids is 2. The number of pyridine rings is 1. The van der Waals surface area contributed by atoms with E-state index in [4.69, 9.17) is 0 Å². The Labute approximate surface area is 152 Å². The summed E-state index contributed by atoms with van der Waals surface area (Å²) in [6, 6.07) is 19.9. The monoisotopic (exact) mass is 345 g/mol. The second kappa shape index (κ2) is 8.07. The number of rotatable bonds is 5. The molecule has 3 aromatic rings. The molecule has 2 N–H and O–H groups in total. The van der Waals surface area contributed by atoms with Crippen molar-refractivity contribution in [3.05, 3.63) is 95.8 Å². The van der Waals surface area contributed by atoms with Gasteiger partial charge >= 0.3 is 0 Å². The summed E-state index contributed by atoms with van der Waals surface area (Å²) in [4.78, 5) is 29.0. The van der Waals surface area contributed by atoms with Gasteiger partial charge in [-0.25, -0.2) is 0 Å². The van der Waals surface area contributed by atoms with Crippen molar-refractivity contribution in [2.45, 2.75) is 13.0 Å². The van der Waals surface area contributed by atoms with Gasteiger partial charge in [-0.3, -0.25) is 14.6 Å². The van der Waals surface area contributed by atoms with E-state index in [0.29, 0.717) is 16.8 Å². The van der Waals surface area contributed by atoms with E-state index < -0.39 is 0 Å². The Hall–Kier alpha value is -3.47. The first-order valence-electron chi connectivity index (χ1n) is 8.31. The van der Waals surface area contributed by atoms with E-state index in [1.807, 2.05) is 37.3 Å². The number of nitrogens with one attached hydrogen (secondary N) is 2. The minimum absolute atomic E-state index is 0.147. The molecule has 2 amide bonds. The molecule has 26 heavy (non-hydrogen) atoms. The molecule has 130 valence electrons. The van der Waals surface area contributed by atoms with E-state index in [0.717, 1.165) is 5.56 Å². The van der Waals surface area contributed by atoms with E-state index in [-0.39, 0.29) is 17.9 Å². The molecule has 1 heterocycles. The summed E-state index contributed by atoms with van der Waals surface area (Å²) in [6.07, 6.45) is 3.08. The second-order valence-corrected chi connectivity index (χ2v) is 5.85. The molecule has 3 rings (SSSR count). The highest BCUT2D eigenvalue weighted by Crippen LogP contribution is 2.18. The summed E-state index contributed by atoms with van der Waals surface area (Å²) in [7, 11) is 0. The van der Waals surface area contributed by atoms with Crippen molar-refractivity contribution in [2.24, 2.45) is 0 Å². The van der Waals surface area contributed by atoms with Crippen LogP contribution in [-0.4, -0.2) is 16.8 Å². The number of hydrogen-bond donors (Lipinski definition) is 2. The van der Waals surface area contributed by atoms with Gasteiger partial charge in [0.2, 0.25) is 0 Å². The fourth-order valence-electron chi connectivity index (χ4n) is 2.58. The van der Waals surface area contributed by atoms with Crippen LogP contribution in [0.5, 0.6) is 0 Å². The Bertz CT molecular complexity index is 895. The van der Waals surface area contributed by atoms with Gasteiger partial charge < -0.3 is 10.6 Å². The van der Waals surface area contributed by atoms with Gasteiger partial charge in [0, 0.05) is 12.4 Å². The van der Waals surface area contributed by atoms with Crippen LogP contribution < -0.4 is 10.6 Å². The van der Waals surface area contributed by atoms with Gasteiger partial charge in [-0.15, -0.1) is 0 Å². The van der Waals surface area contributed by atoms with Crippen LogP contribution in [0.1, 0.15) is 39.2 Å². The molecular weight excluding hydrogens is 326 g/mol. The van der Waals surface area contributed by atoms with Crippen molar-refractivity contribution in [3.8, 4) is 0 Å². The molecule has 0 saturated heterocycles. The Balaban J connectivity index is 1.76. The van der Waals surface area contributed by atoms with Gasteiger partial charge in [0.05, 0.1) is 22.9 Å². The number of nitrogens with zero attached hydrogens (tertiary/aromatic N) is 1. The molecule has 5 nitrogen and oxygen atoms in total. The van der Waals surface area contributed by atoms with E-state index in [1.165, 1.54) is 6.20 Å². The van der Waals surface area contributed by atoms with E-state index in [1.54, 1.807) is 42.6 Å². The molecule has 0 bridgehead atoms. The quantitative estimate of drug-likeness (QED) is 0.738. The average Bonchev–Trinajstić information content (AvgIpc) is 2.69. The third-order valence-corrected chi connectivity index (χ3v) is 3.99. The molecular formula is C21H19N3O2. The molecule has 0 aliphatic rings. The molecule has 0 spiro atoms. The van der Waals surface area contributed by atoms with Gasteiger partial charge in [-0.1, -0.05) is 42.5 Å². The maximum atomic E-state index is 12.7. The average molecular weight is 345 g/mol. The van der Waals surface area contributed by atoms with Crippen LogP contribution in [0.25, 0.3) is 0 Å². The summed E-state index contributed by atoms with van der Waals surface area (Å²) >= 11 is 0. The van der Waals surface area contributed by atoms with Crippen molar-refractivity contribution < 1.29 is 9.59 Å². The zero-order valence-electron chi connectivity index (χ0n) is 14.3. The highest BCUT2D eigenvalue weighted by atomic mass is 16.2. The van der Waals surface area contributed by atoms with Gasteiger partial charge in [-0.2, -0.15) is 0 Å². The lowest BCUT2D eigenvalue weighted by Gasteiger charge is -2.16. The molecule has 0 saturated carbocycles. The van der Waals surface area contributed by atoms with Crippen LogP contribution in [-0.2, 0) is 0 Å². The van der Waals surface area contributed by atoms with Crippen LogP contribution >= 0.6 is 0 Å². The standard InChI is InChI=1S/C21H19N3O2/c1-15(16-8-3-2-4-9-16)23-21(26)18-11-5-6-12-19(18)24-20(25)17-10-7-13-22-14-17/h2-15H,1H3,(H,23,26)(H,24,25). The van der Waals surface area contributed by atoms with Gasteiger partial charge in [0.15, 0.2) is 0 Å². The predicted molar refractivity (Wildman–Crippen MR) is 101 cm³/mol. The fraction of sp³-hybridized carbons (Fsp3) is 0.0952. The van der Waals surface area contributed by atoms with Crippen molar-refractivity contribution in [1.29, 1.82) is 0 Å². The third-order valence-electron chi connectivity index (χ3n) is 3.99. The maximum absolute atomic E-state index is 12.7. The first-order valence-corrected chi connectivity index (χ1v) is 8.31. The molecule has 2 aromatic carbocycles. The summed E-state index contributed by atoms with van der Waals surface area (Å²) in [5.74, 6) is -0.558. The lowest BCUT2D eigenvalue weighted by Crippen LogP contribution is -2.28. The Morgan fingerprint density at radius 1 is 0.885 bits per heavy atom. The van der Waals surface area contributed by atoms with Crippen LogP contribution in [0.4, 0.5) is 5.69 Å². The normalized spacial score (nSPS) is 11.4. The van der Waals surface area contributed by atoms with Crippen LogP contribution in [0.2, 0.25) is 0 Å². The zero-order valence-corrected chi connectivity index (χ0v) is 14.3. The number of aromatic nitrogens is 1. The van der Waals surface area contributed by atoms with Crippen LogP contribution in [0, 0.1) is 0 Å². The molecule has 5 heteroatoms. The minimum atomic E-state index is -0.311. The van der Waals surface area contributed by atoms with Gasteiger partial charge in [0.25, 0.3) is 11.8 Å². The van der Waals surface area contributed by atoms with Crippen LogP contribution in [0.3, 0.4) is 0 Å². The highest BCUT2D eigenvalue weighted by Gasteiger charge is 2.16. The molecule has 1 aromatic heterocycles. The number of amides is 2. The minimum Gasteiger partial charge on any atom is -0.345 e. The number of hydrogen-bond acceptors (Lipinski definition) is 3. The molecule has 1 unspecified atom stereocenters. The highest BCUT2D eigenvalue weighted by molar-refractivity contribution is 6.08. The van der Waals surface area contributed by atoms with Crippen molar-refractivity contribution in [1.82, 2.24) is 10.3 Å². The topological polar surface area (TPSA) is 71.1 Å². The predicted octanol–water partition coefficient (Wildman–Crippen LogP) is 3.82. The molecule has 0 aliphatic carbocycles. The summed E-state index contributed by atoms with van der Waals surface area (Å²) < 4.78 is 0. The number of carbonyl (C=O) groups is 2. The lowest BCUT2D eigenvalue weighted by atomic mass is 10.1. The zero-order chi connectivity index (χ0) is 18.4. The van der Waals surface area contributed by atoms with E-state index in [9.17, 15) is 9.59 Å².